The van der Waals surface area contributed by atoms with E-state index in [0.717, 1.165) is 0 Å². The van der Waals surface area contributed by atoms with Gasteiger partial charge in [0.25, 0.3) is 0 Å². The molecule has 0 aliphatic heterocycles. The van der Waals surface area contributed by atoms with Crippen LogP contribution in [0.25, 0.3) is 0 Å². The fourth-order valence-electron chi connectivity index (χ4n) is 0.0770. The summed E-state index contributed by atoms with van der Waals surface area (Å²) in [6.45, 7) is 0.869. The molecule has 4 heteroatoms. The van der Waals surface area contributed by atoms with Gasteiger partial charge in [0, 0.05) is 0 Å². The lowest BCUT2D eigenvalue weighted by molar-refractivity contribution is 0.217. The molecule has 0 saturated heterocycles. The highest BCUT2D eigenvalue weighted by Crippen LogP contribution is 2.23. The third kappa shape index (κ3) is 4.38. The first-order valence-electron chi connectivity index (χ1n) is 1.44. The Morgan fingerprint density at radius 2 is 2.50 bits per heavy atom. The summed E-state index contributed by atoms with van der Waals surface area (Å²) >= 11 is 0. The second-order valence-corrected chi connectivity index (χ2v) is 2.13. The third-order valence-corrected chi connectivity index (χ3v) is 0.757. The van der Waals surface area contributed by atoms with Gasteiger partial charge in [-0.1, -0.05) is 0 Å². The van der Waals surface area contributed by atoms with Gasteiger partial charge in [-0.05, 0) is 14.7 Å². The number of hydrogen-bond donors (Lipinski definition) is 0. The van der Waals surface area contributed by atoms with Gasteiger partial charge < -0.3 is 4.52 Å². The van der Waals surface area contributed by atoms with E-state index in [1.807, 2.05) is 0 Å². The largest absolute Gasteiger partial charge is 0.339 e. The van der Waals surface area contributed by atoms with E-state index in [2.05, 4.69) is 4.52 Å². The molecule has 0 bridgehead atoms. The molecule has 0 aliphatic rings. The quantitative estimate of drug-likeness (QED) is 0.377. The average Bonchev–Trinajstić information content (AvgIpc) is 1.35. The van der Waals surface area contributed by atoms with Gasteiger partial charge in [0.1, 0.15) is 7.57 Å². The van der Waals surface area contributed by atoms with Crippen molar-refractivity contribution in [2.45, 2.75) is 0 Å². The Labute approximate surface area is 39.1 Å². The summed E-state index contributed by atoms with van der Waals surface area (Å²) in [7, 11) is 4.03. The van der Waals surface area contributed by atoms with E-state index < -0.39 is 14.9 Å². The van der Waals surface area contributed by atoms with Crippen LogP contribution in [0.3, 0.4) is 0 Å². The zero-order valence-electron chi connectivity index (χ0n) is 3.52. The van der Waals surface area contributed by atoms with Crippen molar-refractivity contribution < 1.29 is 8.91 Å². The van der Waals surface area contributed by atoms with Gasteiger partial charge in [-0.3, -0.25) is 0 Å². The molecule has 0 aromatic carbocycles. The standard InChI is InChI=1S/C2H5BFOP/c1-6(3)5-2-4/h2H2,1H3/t6-/m1/s1. The van der Waals surface area contributed by atoms with E-state index in [-0.39, 0.29) is 0 Å². The van der Waals surface area contributed by atoms with Crippen LogP contribution in [0.1, 0.15) is 0 Å². The molecule has 0 aliphatic carbocycles. The van der Waals surface area contributed by atoms with Gasteiger partial charge in [0.15, 0.2) is 6.86 Å². The molecule has 0 amide bonds. The molecule has 6 heavy (non-hydrogen) atoms. The second-order valence-electron chi connectivity index (χ2n) is 0.784. The molecule has 1 atom stereocenters. The van der Waals surface area contributed by atoms with Gasteiger partial charge in [-0.2, -0.15) is 0 Å². The monoisotopic (exact) mass is 106 g/mol. The number of halogens is 1. The molecule has 0 heterocycles. The molecular weight excluding hydrogens is 101 g/mol. The molecule has 0 unspecified atom stereocenters. The van der Waals surface area contributed by atoms with Crippen molar-refractivity contribution in [1.82, 2.24) is 0 Å². The van der Waals surface area contributed by atoms with Gasteiger partial charge in [-0.15, -0.1) is 0 Å². The van der Waals surface area contributed by atoms with E-state index in [4.69, 9.17) is 7.57 Å². The molecule has 0 rings (SSSR count). The lowest BCUT2D eigenvalue weighted by atomic mass is 10.8. The molecular formula is C2H5BFOP. The minimum absolute atomic E-state index is 0.765. The third-order valence-electron chi connectivity index (χ3n) is 0.252. The maximum atomic E-state index is 11.0. The summed E-state index contributed by atoms with van der Waals surface area (Å²) in [6, 6.07) is 0. The van der Waals surface area contributed by atoms with Crippen molar-refractivity contribution in [3.63, 3.8) is 0 Å². The first kappa shape index (κ1) is 6.38. The van der Waals surface area contributed by atoms with Crippen LogP contribution in [0.2, 0.25) is 0 Å². The Balaban J connectivity index is 2.63. The van der Waals surface area contributed by atoms with Crippen LogP contribution < -0.4 is 0 Å². The molecule has 0 N–H and O–H groups in total. The normalized spacial score (nSPS) is 14.3. The first-order chi connectivity index (χ1) is 2.77. The highest BCUT2D eigenvalue weighted by molar-refractivity contribution is 7.77. The summed E-state index contributed by atoms with van der Waals surface area (Å²) in [5.74, 6) is 0. The molecule has 0 aromatic heterocycles. The van der Waals surface area contributed by atoms with Crippen LogP contribution in [0.5, 0.6) is 0 Å². The van der Waals surface area contributed by atoms with Crippen molar-refractivity contribution in [2.75, 3.05) is 13.5 Å². The smallest absolute Gasteiger partial charge is 0.190 e. The van der Waals surface area contributed by atoms with E-state index >= 15 is 0 Å². The molecule has 0 fully saturated rings. The Hall–Kier alpha value is 0.385. The number of alkyl halides is 1. The molecule has 1 nitrogen and oxygen atoms in total. The van der Waals surface area contributed by atoms with Gasteiger partial charge in [-0.25, -0.2) is 4.39 Å². The average molecular weight is 106 g/mol. The van der Waals surface area contributed by atoms with Crippen molar-refractivity contribution in [3.8, 4) is 0 Å². The van der Waals surface area contributed by atoms with Gasteiger partial charge in [0.05, 0.1) is 0 Å². The highest BCUT2D eigenvalue weighted by atomic mass is 31.1. The van der Waals surface area contributed by atoms with E-state index in [1.165, 1.54) is 0 Å². The zero-order valence-corrected chi connectivity index (χ0v) is 4.41. The van der Waals surface area contributed by atoms with Crippen molar-refractivity contribution in [2.24, 2.45) is 0 Å². The summed E-state index contributed by atoms with van der Waals surface area (Å²) in [6.07, 6.45) is 0. The lowest BCUT2D eigenvalue weighted by Crippen LogP contribution is -1.76. The Morgan fingerprint density at radius 1 is 2.00 bits per heavy atom. The van der Waals surface area contributed by atoms with Crippen LogP contribution in [-0.4, -0.2) is 21.1 Å². The Kier molecular flexibility index (Phi) is 3.80. The van der Waals surface area contributed by atoms with Crippen LogP contribution in [0.15, 0.2) is 0 Å². The van der Waals surface area contributed by atoms with Crippen molar-refractivity contribution in [3.05, 3.63) is 0 Å². The van der Waals surface area contributed by atoms with Crippen LogP contribution in [-0.2, 0) is 4.52 Å². The fourth-order valence-corrected chi connectivity index (χ4v) is 0.231. The highest BCUT2D eigenvalue weighted by Gasteiger charge is 1.85. The molecule has 34 valence electrons. The number of hydrogen-bond acceptors (Lipinski definition) is 1. The van der Waals surface area contributed by atoms with Crippen LogP contribution in [0.4, 0.5) is 4.39 Å². The van der Waals surface area contributed by atoms with Crippen molar-refractivity contribution in [1.29, 1.82) is 0 Å². The maximum Gasteiger partial charge on any atom is 0.190 e. The topological polar surface area (TPSA) is 9.23 Å². The fraction of sp³-hybridized carbons (Fsp3) is 1.00. The predicted molar refractivity (Wildman–Crippen MR) is 25.7 cm³/mol. The van der Waals surface area contributed by atoms with E-state index in [9.17, 15) is 4.39 Å². The number of rotatable bonds is 2. The summed E-state index contributed by atoms with van der Waals surface area (Å²) < 4.78 is 15.2. The Bertz CT molecular complexity index is 34.7. The maximum absolute atomic E-state index is 11.0. The zero-order chi connectivity index (χ0) is 4.99. The SMILES string of the molecule is [B][P@@](C)OCF. The molecule has 0 aromatic rings. The lowest BCUT2D eigenvalue weighted by Gasteiger charge is -1.98. The summed E-state index contributed by atoms with van der Waals surface area (Å²) in [4.78, 5) is 0. The van der Waals surface area contributed by atoms with Gasteiger partial charge in [0.2, 0.25) is 0 Å². The molecule has 0 spiro atoms. The predicted octanol–water partition coefficient (Wildman–Crippen LogP) is 1.04. The molecule has 0 saturated carbocycles. The van der Waals surface area contributed by atoms with Crippen molar-refractivity contribution >= 4 is 15.6 Å². The van der Waals surface area contributed by atoms with Gasteiger partial charge >= 0.3 is 0 Å². The van der Waals surface area contributed by atoms with E-state index in [0.29, 0.717) is 0 Å². The van der Waals surface area contributed by atoms with Crippen LogP contribution in [0, 0.1) is 0 Å². The van der Waals surface area contributed by atoms with Crippen LogP contribution >= 0.6 is 8.03 Å². The molecule has 2 radical (unpaired) electrons. The minimum Gasteiger partial charge on any atom is -0.339 e. The second kappa shape index (κ2) is 3.57. The summed E-state index contributed by atoms with van der Waals surface area (Å²) in [5, 5.41) is 0. The first-order valence-corrected chi connectivity index (χ1v) is 3.22. The Morgan fingerprint density at radius 3 is 2.50 bits per heavy atom. The van der Waals surface area contributed by atoms with E-state index in [1.54, 1.807) is 6.66 Å². The summed E-state index contributed by atoms with van der Waals surface area (Å²) in [5.41, 5.74) is 0. The minimum atomic E-state index is -0.976.